The van der Waals surface area contributed by atoms with Crippen LogP contribution >= 0.6 is 23.2 Å². The van der Waals surface area contributed by atoms with Crippen LogP contribution in [0.5, 0.6) is 0 Å². The Bertz CT molecular complexity index is 531. The van der Waals surface area contributed by atoms with Gasteiger partial charge in [-0.1, -0.05) is 23.2 Å². The van der Waals surface area contributed by atoms with Crippen molar-refractivity contribution < 1.29 is 18.0 Å². The third-order valence-electron chi connectivity index (χ3n) is 3.39. The molecule has 1 aliphatic rings. The number of halogens is 5. The lowest BCUT2D eigenvalue weighted by molar-refractivity contribution is -0.145. The number of amides is 1. The predicted molar refractivity (Wildman–Crippen MR) is 79.5 cm³/mol. The van der Waals surface area contributed by atoms with Crippen LogP contribution in [0.25, 0.3) is 0 Å². The molecule has 1 aliphatic heterocycles. The van der Waals surface area contributed by atoms with E-state index in [-0.39, 0.29) is 19.0 Å². The number of benzene rings is 1. The van der Waals surface area contributed by atoms with Crippen molar-refractivity contribution >= 4 is 29.1 Å². The molecule has 0 bridgehead atoms. The number of hydrogen-bond donors (Lipinski definition) is 0. The van der Waals surface area contributed by atoms with Crippen LogP contribution in [0.2, 0.25) is 10.0 Å². The van der Waals surface area contributed by atoms with E-state index in [2.05, 4.69) is 0 Å². The Morgan fingerprint density at radius 1 is 1.05 bits per heavy atom. The van der Waals surface area contributed by atoms with E-state index in [1.807, 2.05) is 0 Å². The molecule has 0 aromatic heterocycles. The topological polar surface area (TPSA) is 23.6 Å². The highest BCUT2D eigenvalue weighted by molar-refractivity contribution is 6.35. The van der Waals surface area contributed by atoms with Gasteiger partial charge >= 0.3 is 6.18 Å². The molecule has 0 spiro atoms. The summed E-state index contributed by atoms with van der Waals surface area (Å²) in [6.07, 6.45) is -3.73. The second-order valence-corrected chi connectivity index (χ2v) is 6.07. The number of carbonyl (C=O) groups excluding carboxylic acids is 1. The number of carbonyl (C=O) groups is 1. The summed E-state index contributed by atoms with van der Waals surface area (Å²) in [5.74, 6) is -0.266. The molecule has 0 unspecified atom stereocenters. The Morgan fingerprint density at radius 2 is 1.68 bits per heavy atom. The third-order valence-corrected chi connectivity index (χ3v) is 3.82. The molecule has 1 aromatic rings. The molecular formula is C14H15Cl2F3N2O. The summed E-state index contributed by atoms with van der Waals surface area (Å²) in [5, 5.41) is 0.703. The van der Waals surface area contributed by atoms with Crippen molar-refractivity contribution in [3.8, 4) is 0 Å². The fourth-order valence-corrected chi connectivity index (χ4v) is 2.97. The van der Waals surface area contributed by atoms with Gasteiger partial charge in [-0.15, -0.1) is 0 Å². The Labute approximate surface area is 136 Å². The first-order valence-electron chi connectivity index (χ1n) is 6.79. The molecule has 0 saturated carbocycles. The van der Waals surface area contributed by atoms with Gasteiger partial charge in [-0.25, -0.2) is 0 Å². The first-order valence-corrected chi connectivity index (χ1v) is 7.55. The van der Waals surface area contributed by atoms with Crippen molar-refractivity contribution in [3.05, 3.63) is 33.8 Å². The van der Waals surface area contributed by atoms with Gasteiger partial charge in [0, 0.05) is 41.8 Å². The molecule has 1 saturated heterocycles. The van der Waals surface area contributed by atoms with Crippen molar-refractivity contribution in [1.82, 2.24) is 9.80 Å². The van der Waals surface area contributed by atoms with Gasteiger partial charge in [-0.2, -0.15) is 13.2 Å². The molecule has 1 heterocycles. The molecule has 1 aromatic carbocycles. The van der Waals surface area contributed by atoms with Crippen LogP contribution in [0.15, 0.2) is 18.2 Å². The Hall–Kier alpha value is -0.980. The number of nitrogens with zero attached hydrogens (tertiary/aromatic N) is 2. The van der Waals surface area contributed by atoms with Gasteiger partial charge in [0.15, 0.2) is 0 Å². The standard InChI is InChI=1S/C14H15Cl2F3N2O/c15-11-6-10(7-12(16)8-11)13(22)21-3-1-2-20(4-5-21)9-14(17,18)19/h6-8H,1-5,9H2. The summed E-state index contributed by atoms with van der Waals surface area (Å²) >= 11 is 11.7. The maximum absolute atomic E-state index is 12.4. The maximum atomic E-state index is 12.4. The minimum absolute atomic E-state index is 0.194. The van der Waals surface area contributed by atoms with Gasteiger partial charge in [0.1, 0.15) is 0 Å². The van der Waals surface area contributed by atoms with Gasteiger partial charge in [0.05, 0.1) is 6.54 Å². The average Bonchev–Trinajstić information content (AvgIpc) is 2.60. The second kappa shape index (κ2) is 7.06. The van der Waals surface area contributed by atoms with Crippen molar-refractivity contribution in [3.63, 3.8) is 0 Å². The highest BCUT2D eigenvalue weighted by Gasteiger charge is 2.32. The smallest absolute Gasteiger partial charge is 0.337 e. The molecule has 3 nitrogen and oxygen atoms in total. The van der Waals surface area contributed by atoms with E-state index in [0.29, 0.717) is 35.1 Å². The first kappa shape index (κ1) is 17.4. The summed E-state index contributed by atoms with van der Waals surface area (Å²) in [6, 6.07) is 4.54. The van der Waals surface area contributed by atoms with Crippen LogP contribution in [-0.4, -0.2) is 54.6 Å². The van der Waals surface area contributed by atoms with Crippen molar-refractivity contribution in [1.29, 1.82) is 0 Å². The summed E-state index contributed by atoms with van der Waals surface area (Å²) in [4.78, 5) is 15.3. The van der Waals surface area contributed by atoms with Gasteiger partial charge < -0.3 is 4.90 Å². The second-order valence-electron chi connectivity index (χ2n) is 5.20. The molecule has 0 atom stereocenters. The Kier molecular flexibility index (Phi) is 5.58. The largest absolute Gasteiger partial charge is 0.401 e. The summed E-state index contributed by atoms with van der Waals surface area (Å²) < 4.78 is 37.3. The SMILES string of the molecule is O=C(c1cc(Cl)cc(Cl)c1)N1CCCN(CC(F)(F)F)CC1. The zero-order valence-corrected chi connectivity index (χ0v) is 13.2. The molecule has 0 aliphatic carbocycles. The van der Waals surface area contributed by atoms with E-state index in [1.165, 1.54) is 23.1 Å². The first-order chi connectivity index (χ1) is 10.2. The van der Waals surface area contributed by atoms with E-state index >= 15 is 0 Å². The normalized spacial score (nSPS) is 17.4. The average molecular weight is 355 g/mol. The lowest BCUT2D eigenvalue weighted by Gasteiger charge is -2.23. The minimum atomic E-state index is -4.22. The fraction of sp³-hybridized carbons (Fsp3) is 0.500. The van der Waals surface area contributed by atoms with Crippen LogP contribution in [0.1, 0.15) is 16.8 Å². The summed E-state index contributed by atoms with van der Waals surface area (Å²) in [5.41, 5.74) is 0.349. The van der Waals surface area contributed by atoms with Crippen molar-refractivity contribution in [2.24, 2.45) is 0 Å². The number of alkyl halides is 3. The van der Waals surface area contributed by atoms with Crippen LogP contribution in [-0.2, 0) is 0 Å². The highest BCUT2D eigenvalue weighted by atomic mass is 35.5. The molecule has 1 amide bonds. The third kappa shape index (κ3) is 5.04. The van der Waals surface area contributed by atoms with E-state index in [1.54, 1.807) is 4.90 Å². The fourth-order valence-electron chi connectivity index (χ4n) is 2.45. The molecule has 122 valence electrons. The zero-order chi connectivity index (χ0) is 16.3. The van der Waals surface area contributed by atoms with Gasteiger partial charge in [0.2, 0.25) is 0 Å². The zero-order valence-electron chi connectivity index (χ0n) is 11.7. The van der Waals surface area contributed by atoms with E-state index < -0.39 is 12.7 Å². The summed E-state index contributed by atoms with van der Waals surface area (Å²) in [6.45, 7) is 0.230. The molecule has 0 N–H and O–H groups in total. The molecule has 22 heavy (non-hydrogen) atoms. The van der Waals surface area contributed by atoms with Gasteiger partial charge in [-0.3, -0.25) is 9.69 Å². The molecule has 8 heteroatoms. The monoisotopic (exact) mass is 354 g/mol. The van der Waals surface area contributed by atoms with E-state index in [9.17, 15) is 18.0 Å². The highest BCUT2D eigenvalue weighted by Crippen LogP contribution is 2.21. The number of rotatable bonds is 2. The molecule has 1 fully saturated rings. The molecular weight excluding hydrogens is 340 g/mol. The van der Waals surface area contributed by atoms with Crippen LogP contribution in [0.4, 0.5) is 13.2 Å². The molecule has 0 radical (unpaired) electrons. The van der Waals surface area contributed by atoms with E-state index in [4.69, 9.17) is 23.2 Å². The lowest BCUT2D eigenvalue weighted by atomic mass is 10.2. The quantitative estimate of drug-likeness (QED) is 0.808. The predicted octanol–water partition coefficient (Wildman–Crippen LogP) is 3.70. The van der Waals surface area contributed by atoms with Crippen LogP contribution in [0, 0.1) is 0 Å². The Balaban J connectivity index is 2.02. The van der Waals surface area contributed by atoms with Gasteiger partial charge in [-0.05, 0) is 24.6 Å². The van der Waals surface area contributed by atoms with Gasteiger partial charge in [0.25, 0.3) is 5.91 Å². The van der Waals surface area contributed by atoms with E-state index in [0.717, 1.165) is 0 Å². The maximum Gasteiger partial charge on any atom is 0.401 e. The summed E-state index contributed by atoms with van der Waals surface area (Å²) in [7, 11) is 0. The Morgan fingerprint density at radius 3 is 2.27 bits per heavy atom. The molecule has 2 rings (SSSR count). The number of hydrogen-bond acceptors (Lipinski definition) is 2. The van der Waals surface area contributed by atoms with Crippen LogP contribution in [0.3, 0.4) is 0 Å². The van der Waals surface area contributed by atoms with Crippen LogP contribution < -0.4 is 0 Å². The minimum Gasteiger partial charge on any atom is -0.337 e. The van der Waals surface area contributed by atoms with Crippen molar-refractivity contribution in [2.75, 3.05) is 32.7 Å². The van der Waals surface area contributed by atoms with Crippen molar-refractivity contribution in [2.45, 2.75) is 12.6 Å². The lowest BCUT2D eigenvalue weighted by Crippen LogP contribution is -2.38.